The van der Waals surface area contributed by atoms with Crippen LogP contribution in [0.1, 0.15) is 5.56 Å². The summed E-state index contributed by atoms with van der Waals surface area (Å²) in [6, 6.07) is 6.17. The maximum absolute atomic E-state index is 5.51. The second kappa shape index (κ2) is 3.46. The number of nitrogens with two attached hydrogens (primary N) is 1. The number of hydrogen-bond acceptors (Lipinski definition) is 2. The number of rotatable bonds is 1. The topological polar surface area (TPSA) is 54.7 Å². The van der Waals surface area contributed by atoms with Crippen molar-refractivity contribution in [1.82, 2.24) is 9.97 Å². The Bertz CT molecular complexity index is 442. The van der Waals surface area contributed by atoms with Gasteiger partial charge in [-0.2, -0.15) is 0 Å². The van der Waals surface area contributed by atoms with Gasteiger partial charge < -0.3 is 10.7 Å². The van der Waals surface area contributed by atoms with Crippen molar-refractivity contribution < 1.29 is 0 Å². The van der Waals surface area contributed by atoms with Crippen LogP contribution in [-0.4, -0.2) is 9.97 Å². The zero-order chi connectivity index (χ0) is 10.1. The lowest BCUT2D eigenvalue weighted by atomic mass is 10.1. The molecule has 1 aromatic carbocycles. The summed E-state index contributed by atoms with van der Waals surface area (Å²) in [6.07, 6.45) is 1.73. The first-order valence-electron chi connectivity index (χ1n) is 4.23. The number of aromatic amines is 1. The van der Waals surface area contributed by atoms with Crippen LogP contribution in [0.15, 0.2) is 28.9 Å². The van der Waals surface area contributed by atoms with Crippen LogP contribution in [0, 0.1) is 6.92 Å². The molecule has 3 N–H and O–H groups in total. The Morgan fingerprint density at radius 1 is 1.36 bits per heavy atom. The molecular weight excluding hydrogens is 242 g/mol. The Morgan fingerprint density at radius 2 is 2.14 bits per heavy atom. The normalized spacial score (nSPS) is 10.4. The molecule has 2 aromatic rings. The molecular formula is C10H10BrN3. The van der Waals surface area contributed by atoms with Crippen LogP contribution in [0.4, 0.5) is 5.95 Å². The van der Waals surface area contributed by atoms with Gasteiger partial charge in [0.25, 0.3) is 0 Å². The molecule has 0 aliphatic heterocycles. The van der Waals surface area contributed by atoms with E-state index < -0.39 is 0 Å². The van der Waals surface area contributed by atoms with Gasteiger partial charge in [-0.1, -0.05) is 15.9 Å². The molecule has 0 radical (unpaired) electrons. The number of H-pyrrole nitrogens is 1. The monoisotopic (exact) mass is 251 g/mol. The quantitative estimate of drug-likeness (QED) is 0.819. The van der Waals surface area contributed by atoms with Crippen LogP contribution >= 0.6 is 15.9 Å². The van der Waals surface area contributed by atoms with Gasteiger partial charge in [0.1, 0.15) is 0 Å². The van der Waals surface area contributed by atoms with Crippen molar-refractivity contribution in [3.05, 3.63) is 34.4 Å². The third-order valence-electron chi connectivity index (χ3n) is 1.95. The van der Waals surface area contributed by atoms with Crippen molar-refractivity contribution >= 4 is 21.9 Å². The molecule has 0 saturated carbocycles. The average molecular weight is 252 g/mol. The average Bonchev–Trinajstić information content (AvgIpc) is 2.50. The highest BCUT2D eigenvalue weighted by Crippen LogP contribution is 2.23. The largest absolute Gasteiger partial charge is 0.369 e. The van der Waals surface area contributed by atoms with Crippen molar-refractivity contribution in [3.8, 4) is 11.3 Å². The molecule has 4 heteroatoms. The molecule has 1 aromatic heterocycles. The highest BCUT2D eigenvalue weighted by atomic mass is 79.9. The van der Waals surface area contributed by atoms with Gasteiger partial charge in [0.2, 0.25) is 0 Å². The van der Waals surface area contributed by atoms with Crippen LogP contribution in [0.2, 0.25) is 0 Å². The molecule has 0 amide bonds. The third kappa shape index (κ3) is 1.80. The number of hydrogen-bond donors (Lipinski definition) is 2. The van der Waals surface area contributed by atoms with Crippen LogP contribution in [0.3, 0.4) is 0 Å². The van der Waals surface area contributed by atoms with E-state index >= 15 is 0 Å². The van der Waals surface area contributed by atoms with Crippen molar-refractivity contribution in [2.24, 2.45) is 0 Å². The first-order valence-corrected chi connectivity index (χ1v) is 5.02. The molecule has 0 spiro atoms. The maximum atomic E-state index is 5.51. The Morgan fingerprint density at radius 3 is 2.71 bits per heavy atom. The summed E-state index contributed by atoms with van der Waals surface area (Å²) in [5.74, 6) is 0.442. The van der Waals surface area contributed by atoms with Gasteiger partial charge in [-0.05, 0) is 30.7 Å². The van der Waals surface area contributed by atoms with Crippen LogP contribution < -0.4 is 5.73 Å². The minimum Gasteiger partial charge on any atom is -0.369 e. The van der Waals surface area contributed by atoms with Gasteiger partial charge in [-0.25, -0.2) is 4.98 Å². The van der Waals surface area contributed by atoms with E-state index in [4.69, 9.17) is 5.73 Å². The third-order valence-corrected chi connectivity index (χ3v) is 2.41. The lowest BCUT2D eigenvalue weighted by molar-refractivity contribution is 1.32. The predicted octanol–water partition coefficient (Wildman–Crippen LogP) is 2.73. The molecule has 0 aliphatic carbocycles. The number of halogens is 1. The number of nitrogen functional groups attached to an aromatic ring is 1. The summed E-state index contributed by atoms with van der Waals surface area (Å²) in [4.78, 5) is 6.95. The van der Waals surface area contributed by atoms with Gasteiger partial charge in [0.05, 0.1) is 11.9 Å². The van der Waals surface area contributed by atoms with Crippen molar-refractivity contribution in [1.29, 1.82) is 0 Å². The molecule has 3 nitrogen and oxygen atoms in total. The number of benzene rings is 1. The molecule has 0 bridgehead atoms. The summed E-state index contributed by atoms with van der Waals surface area (Å²) >= 11 is 3.45. The SMILES string of the molecule is Cc1cc(Br)cc(-c2cnc(N)[nH]2)c1. The summed E-state index contributed by atoms with van der Waals surface area (Å²) in [7, 11) is 0. The second-order valence-corrected chi connectivity index (χ2v) is 4.12. The Balaban J connectivity index is 2.51. The molecule has 2 rings (SSSR count). The van der Waals surface area contributed by atoms with Crippen LogP contribution in [0.25, 0.3) is 11.3 Å². The number of aromatic nitrogens is 2. The highest BCUT2D eigenvalue weighted by molar-refractivity contribution is 9.10. The lowest BCUT2D eigenvalue weighted by Crippen LogP contribution is -1.86. The molecule has 14 heavy (non-hydrogen) atoms. The van der Waals surface area contributed by atoms with Crippen LogP contribution in [0.5, 0.6) is 0 Å². The Labute approximate surface area is 90.5 Å². The van der Waals surface area contributed by atoms with Gasteiger partial charge in [0, 0.05) is 10.0 Å². The number of aryl methyl sites for hydroxylation is 1. The van der Waals surface area contributed by atoms with Gasteiger partial charge in [-0.3, -0.25) is 0 Å². The summed E-state index contributed by atoms with van der Waals surface area (Å²) in [6.45, 7) is 2.05. The van der Waals surface area contributed by atoms with E-state index in [1.165, 1.54) is 5.56 Å². The minimum absolute atomic E-state index is 0.442. The second-order valence-electron chi connectivity index (χ2n) is 3.20. The smallest absolute Gasteiger partial charge is 0.197 e. The van der Waals surface area contributed by atoms with E-state index in [1.807, 2.05) is 13.0 Å². The van der Waals surface area contributed by atoms with Crippen LogP contribution in [-0.2, 0) is 0 Å². The lowest BCUT2D eigenvalue weighted by Gasteiger charge is -2.00. The maximum Gasteiger partial charge on any atom is 0.197 e. The van der Waals surface area contributed by atoms with E-state index in [0.717, 1.165) is 15.7 Å². The number of anilines is 1. The van der Waals surface area contributed by atoms with E-state index in [1.54, 1.807) is 6.20 Å². The Kier molecular flexibility index (Phi) is 2.29. The first kappa shape index (κ1) is 9.27. The number of imidazole rings is 1. The van der Waals surface area contributed by atoms with Gasteiger partial charge >= 0.3 is 0 Å². The standard InChI is InChI=1S/C10H10BrN3/c1-6-2-7(4-8(11)3-6)9-5-13-10(12)14-9/h2-5H,1H3,(H3,12,13,14). The molecule has 1 heterocycles. The van der Waals surface area contributed by atoms with E-state index in [2.05, 4.69) is 38.0 Å². The van der Waals surface area contributed by atoms with Gasteiger partial charge in [0.15, 0.2) is 5.95 Å². The first-order chi connectivity index (χ1) is 6.65. The van der Waals surface area contributed by atoms with Crippen molar-refractivity contribution in [2.75, 3.05) is 5.73 Å². The van der Waals surface area contributed by atoms with Gasteiger partial charge in [-0.15, -0.1) is 0 Å². The zero-order valence-corrected chi connectivity index (χ0v) is 9.30. The van der Waals surface area contributed by atoms with Crippen molar-refractivity contribution in [2.45, 2.75) is 6.92 Å². The number of nitrogens with one attached hydrogen (secondary N) is 1. The van der Waals surface area contributed by atoms with E-state index in [0.29, 0.717) is 5.95 Å². The van der Waals surface area contributed by atoms with E-state index in [9.17, 15) is 0 Å². The van der Waals surface area contributed by atoms with Crippen molar-refractivity contribution in [3.63, 3.8) is 0 Å². The van der Waals surface area contributed by atoms with E-state index in [-0.39, 0.29) is 0 Å². The molecule has 72 valence electrons. The highest BCUT2D eigenvalue weighted by Gasteiger charge is 2.02. The fourth-order valence-electron chi connectivity index (χ4n) is 1.38. The molecule has 0 aliphatic rings. The fraction of sp³-hybridized carbons (Fsp3) is 0.100. The summed E-state index contributed by atoms with van der Waals surface area (Å²) in [5.41, 5.74) is 8.73. The minimum atomic E-state index is 0.442. The fourth-order valence-corrected chi connectivity index (χ4v) is 1.98. The predicted molar refractivity (Wildman–Crippen MR) is 60.9 cm³/mol. The summed E-state index contributed by atoms with van der Waals surface area (Å²) < 4.78 is 1.06. The Hall–Kier alpha value is -1.29. The molecule has 0 unspecified atom stereocenters. The molecule has 0 fully saturated rings. The zero-order valence-electron chi connectivity index (χ0n) is 7.71. The summed E-state index contributed by atoms with van der Waals surface area (Å²) in [5, 5.41) is 0. The number of nitrogens with zero attached hydrogens (tertiary/aromatic N) is 1. The molecule has 0 saturated heterocycles. The molecule has 0 atom stereocenters.